The number of carbonyl (C=O) groups excluding carboxylic acids is 2. The van der Waals surface area contributed by atoms with Crippen LogP contribution < -0.4 is 5.73 Å². The van der Waals surface area contributed by atoms with Gasteiger partial charge in [-0.05, 0) is 11.6 Å². The zero-order valence-corrected chi connectivity index (χ0v) is 9.63. The predicted octanol–water partition coefficient (Wildman–Crippen LogP) is 0.276. The van der Waals surface area contributed by atoms with E-state index in [9.17, 15) is 9.59 Å². The van der Waals surface area contributed by atoms with Gasteiger partial charge >= 0.3 is 0 Å². The fourth-order valence-corrected chi connectivity index (χ4v) is 1.93. The lowest BCUT2D eigenvalue weighted by Gasteiger charge is -2.12. The molecule has 0 unspecified atom stereocenters. The van der Waals surface area contributed by atoms with Crippen LogP contribution in [0.2, 0.25) is 0 Å². The van der Waals surface area contributed by atoms with Gasteiger partial charge in [-0.1, -0.05) is 24.1 Å². The Kier molecular flexibility index (Phi) is 3.31. The largest absolute Gasteiger partial charge is 0.366 e. The summed E-state index contributed by atoms with van der Waals surface area (Å²) >= 11 is 0. The Morgan fingerprint density at radius 3 is 2.94 bits per heavy atom. The highest BCUT2D eigenvalue weighted by Crippen LogP contribution is 2.27. The third-order valence-corrected chi connectivity index (χ3v) is 2.78. The number of hydrogen-bond acceptors (Lipinski definition) is 3. The smallest absolute Gasteiger partial charge is 0.257 e. The van der Waals surface area contributed by atoms with Crippen molar-refractivity contribution >= 4 is 11.8 Å². The van der Waals surface area contributed by atoms with Crippen molar-refractivity contribution in [1.29, 1.82) is 0 Å². The van der Waals surface area contributed by atoms with E-state index >= 15 is 0 Å². The predicted molar refractivity (Wildman–Crippen MR) is 64.2 cm³/mol. The molecule has 1 heterocycles. The fourth-order valence-electron chi connectivity index (χ4n) is 1.93. The van der Waals surface area contributed by atoms with E-state index in [0.29, 0.717) is 11.1 Å². The molecular weight excluding hydrogens is 232 g/mol. The lowest BCUT2D eigenvalue weighted by atomic mass is 9.94. The molecule has 2 N–H and O–H groups in total. The van der Waals surface area contributed by atoms with E-state index in [1.165, 1.54) is 0 Å². The van der Waals surface area contributed by atoms with Gasteiger partial charge in [-0.25, -0.2) is 5.06 Å². The van der Waals surface area contributed by atoms with Crippen molar-refractivity contribution in [3.05, 3.63) is 35.4 Å². The molecule has 0 radical (unpaired) electrons. The summed E-state index contributed by atoms with van der Waals surface area (Å²) in [5, 5.41) is 1.13. The highest BCUT2D eigenvalue weighted by atomic mass is 16.7. The number of terminal acetylenes is 1. The van der Waals surface area contributed by atoms with E-state index in [4.69, 9.17) is 17.0 Å². The maximum absolute atomic E-state index is 12.0. The quantitative estimate of drug-likeness (QED) is 0.776. The van der Waals surface area contributed by atoms with Crippen molar-refractivity contribution in [1.82, 2.24) is 5.06 Å². The summed E-state index contributed by atoms with van der Waals surface area (Å²) in [6.07, 6.45) is 5.13. The SMILES string of the molecule is C#CCN1OC[C@@H](c2ccccc2C(N)=O)C1=O. The van der Waals surface area contributed by atoms with Gasteiger partial charge in [0.25, 0.3) is 5.91 Å². The number of amides is 2. The molecule has 1 aromatic rings. The Morgan fingerprint density at radius 1 is 1.56 bits per heavy atom. The van der Waals surface area contributed by atoms with Crippen LogP contribution in [-0.2, 0) is 9.63 Å². The average molecular weight is 244 g/mol. The molecule has 0 bridgehead atoms. The van der Waals surface area contributed by atoms with Crippen LogP contribution in [0.4, 0.5) is 0 Å². The third-order valence-electron chi connectivity index (χ3n) is 2.78. The Labute approximate surface area is 104 Å². The monoisotopic (exact) mass is 244 g/mol. The molecule has 1 aromatic carbocycles. The zero-order chi connectivity index (χ0) is 13.1. The van der Waals surface area contributed by atoms with E-state index in [1.54, 1.807) is 24.3 Å². The van der Waals surface area contributed by atoms with E-state index in [1.807, 2.05) is 0 Å². The number of benzene rings is 1. The minimum Gasteiger partial charge on any atom is -0.366 e. The molecule has 1 fully saturated rings. The van der Waals surface area contributed by atoms with Gasteiger partial charge in [-0.2, -0.15) is 0 Å². The first-order valence-corrected chi connectivity index (χ1v) is 5.41. The van der Waals surface area contributed by atoms with Crippen molar-refractivity contribution in [2.45, 2.75) is 5.92 Å². The molecule has 0 spiro atoms. The van der Waals surface area contributed by atoms with Crippen molar-refractivity contribution in [3.8, 4) is 12.3 Å². The Bertz CT molecular complexity index is 533. The fraction of sp³-hybridized carbons (Fsp3) is 0.231. The molecule has 2 rings (SSSR count). The second-order valence-corrected chi connectivity index (χ2v) is 3.88. The van der Waals surface area contributed by atoms with Gasteiger partial charge in [-0.3, -0.25) is 14.4 Å². The molecule has 0 saturated carbocycles. The first-order chi connectivity index (χ1) is 8.65. The van der Waals surface area contributed by atoms with Crippen LogP contribution >= 0.6 is 0 Å². The van der Waals surface area contributed by atoms with Crippen LogP contribution in [0.1, 0.15) is 21.8 Å². The maximum atomic E-state index is 12.0. The molecule has 5 nitrogen and oxygen atoms in total. The summed E-state index contributed by atoms with van der Waals surface area (Å²) < 4.78 is 0. The molecule has 18 heavy (non-hydrogen) atoms. The van der Waals surface area contributed by atoms with E-state index in [0.717, 1.165) is 5.06 Å². The first kappa shape index (κ1) is 12.1. The number of carbonyl (C=O) groups is 2. The van der Waals surface area contributed by atoms with Crippen molar-refractivity contribution in [2.24, 2.45) is 5.73 Å². The zero-order valence-electron chi connectivity index (χ0n) is 9.63. The molecule has 1 aliphatic rings. The van der Waals surface area contributed by atoms with Crippen LogP contribution in [0.15, 0.2) is 24.3 Å². The highest BCUT2D eigenvalue weighted by Gasteiger charge is 2.35. The summed E-state index contributed by atoms with van der Waals surface area (Å²) in [4.78, 5) is 28.5. The van der Waals surface area contributed by atoms with Crippen LogP contribution in [0, 0.1) is 12.3 Å². The lowest BCUT2D eigenvalue weighted by Crippen LogP contribution is -2.27. The third kappa shape index (κ3) is 2.06. The number of rotatable bonds is 3. The van der Waals surface area contributed by atoms with Gasteiger partial charge in [0.1, 0.15) is 6.54 Å². The van der Waals surface area contributed by atoms with Gasteiger partial charge in [0, 0.05) is 5.56 Å². The summed E-state index contributed by atoms with van der Waals surface area (Å²) in [6.45, 7) is 0.263. The van der Waals surface area contributed by atoms with E-state index in [-0.39, 0.29) is 19.1 Å². The number of hydroxylamine groups is 2. The summed E-state index contributed by atoms with van der Waals surface area (Å²) in [6, 6.07) is 6.74. The van der Waals surface area contributed by atoms with Crippen LogP contribution in [0.25, 0.3) is 0 Å². The van der Waals surface area contributed by atoms with Crippen LogP contribution in [-0.4, -0.2) is 30.0 Å². The molecular formula is C13H12N2O3. The average Bonchev–Trinajstić information content (AvgIpc) is 2.72. The normalized spacial score (nSPS) is 18.7. The van der Waals surface area contributed by atoms with Gasteiger partial charge < -0.3 is 5.73 Å². The number of hydrogen-bond donors (Lipinski definition) is 1. The van der Waals surface area contributed by atoms with Crippen LogP contribution in [0.3, 0.4) is 0 Å². The topological polar surface area (TPSA) is 72.6 Å². The van der Waals surface area contributed by atoms with Gasteiger partial charge in [0.15, 0.2) is 0 Å². The van der Waals surface area contributed by atoms with Crippen molar-refractivity contribution in [2.75, 3.05) is 13.2 Å². The van der Waals surface area contributed by atoms with Gasteiger partial charge in [0.2, 0.25) is 5.91 Å². The van der Waals surface area contributed by atoms with Gasteiger partial charge in [0.05, 0.1) is 12.5 Å². The molecule has 0 aliphatic carbocycles. The van der Waals surface area contributed by atoms with Crippen molar-refractivity contribution < 1.29 is 14.4 Å². The second kappa shape index (κ2) is 4.90. The molecule has 1 saturated heterocycles. The van der Waals surface area contributed by atoms with Crippen molar-refractivity contribution in [3.63, 3.8) is 0 Å². The molecule has 1 atom stereocenters. The highest BCUT2D eigenvalue weighted by molar-refractivity contribution is 5.97. The minimum absolute atomic E-state index is 0.0913. The minimum atomic E-state index is -0.561. The standard InChI is InChI=1S/C13H12N2O3/c1-2-7-15-13(17)11(8-18-15)9-5-3-4-6-10(9)12(14)16/h1,3-6,11H,7-8H2,(H2,14,16)/t11-/m0/s1. The molecule has 92 valence electrons. The molecule has 0 aromatic heterocycles. The summed E-state index contributed by atoms with van der Waals surface area (Å²) in [7, 11) is 0. The van der Waals surface area contributed by atoms with Gasteiger partial charge in [-0.15, -0.1) is 6.42 Å². The molecule has 2 amide bonds. The molecule has 5 heteroatoms. The second-order valence-electron chi connectivity index (χ2n) is 3.88. The number of nitrogens with two attached hydrogens (primary N) is 1. The number of nitrogens with zero attached hydrogens (tertiary/aromatic N) is 1. The Hall–Kier alpha value is -2.32. The summed E-state index contributed by atoms with van der Waals surface area (Å²) in [5.41, 5.74) is 6.20. The molecule has 1 aliphatic heterocycles. The number of primary amides is 1. The first-order valence-electron chi connectivity index (χ1n) is 5.41. The van der Waals surface area contributed by atoms with E-state index < -0.39 is 11.8 Å². The Balaban J connectivity index is 2.32. The summed E-state index contributed by atoms with van der Waals surface area (Å²) in [5.74, 6) is 1.00. The van der Waals surface area contributed by atoms with E-state index in [2.05, 4.69) is 5.92 Å². The van der Waals surface area contributed by atoms with Crippen LogP contribution in [0.5, 0.6) is 0 Å². The maximum Gasteiger partial charge on any atom is 0.257 e. The lowest BCUT2D eigenvalue weighted by molar-refractivity contribution is -0.158. The Morgan fingerprint density at radius 2 is 2.28 bits per heavy atom.